The van der Waals surface area contributed by atoms with Crippen molar-refractivity contribution < 1.29 is 37.0 Å². The number of thiazole rings is 1. The zero-order valence-electron chi connectivity index (χ0n) is 23.0. The van der Waals surface area contributed by atoms with E-state index in [-0.39, 0.29) is 18.1 Å². The summed E-state index contributed by atoms with van der Waals surface area (Å²) < 4.78 is 54.6. The smallest absolute Gasteiger partial charge is 0.444 e. The molecule has 0 bridgehead atoms. The van der Waals surface area contributed by atoms with Gasteiger partial charge in [0.2, 0.25) is 0 Å². The van der Waals surface area contributed by atoms with Crippen LogP contribution < -0.4 is 10.2 Å². The number of pyridine rings is 1. The van der Waals surface area contributed by atoms with E-state index in [1.807, 2.05) is 0 Å². The lowest BCUT2D eigenvalue weighted by Gasteiger charge is -2.27. The maximum absolute atomic E-state index is 13.4. The number of aromatic nitrogens is 2. The first kappa shape index (κ1) is 33.3. The van der Waals surface area contributed by atoms with Crippen molar-refractivity contribution in [2.75, 3.05) is 11.5 Å². The third kappa shape index (κ3) is 10.2. The molecule has 0 fully saturated rings. The van der Waals surface area contributed by atoms with Crippen LogP contribution in [0.25, 0.3) is 10.2 Å². The molecule has 0 saturated carbocycles. The third-order valence-corrected chi connectivity index (χ3v) is 8.18. The Hall–Kier alpha value is -2.20. The first-order chi connectivity index (χ1) is 18.8. The van der Waals surface area contributed by atoms with E-state index in [2.05, 4.69) is 36.0 Å². The van der Waals surface area contributed by atoms with Gasteiger partial charge in [0, 0.05) is 28.9 Å². The minimum atomic E-state index is -4.91. The summed E-state index contributed by atoms with van der Waals surface area (Å²) in [6, 6.07) is 0.393. The first-order valence-corrected chi connectivity index (χ1v) is 15.0. The zero-order chi connectivity index (χ0) is 30.8. The summed E-state index contributed by atoms with van der Waals surface area (Å²) in [7, 11) is 0. The van der Waals surface area contributed by atoms with Gasteiger partial charge in [0.1, 0.15) is 21.4 Å². The first-order valence-electron chi connectivity index (χ1n) is 12.2. The van der Waals surface area contributed by atoms with Crippen LogP contribution in [-0.4, -0.2) is 52.4 Å². The fraction of sp³-hybridized carbons (Fsp3) is 0.520. The predicted molar refractivity (Wildman–Crippen MR) is 156 cm³/mol. The molecule has 1 atom stereocenters. The maximum atomic E-state index is 13.4. The zero-order valence-corrected chi connectivity index (χ0v) is 27.0. The summed E-state index contributed by atoms with van der Waals surface area (Å²) in [5.41, 5.74) is -0.901. The summed E-state index contributed by atoms with van der Waals surface area (Å²) in [5, 5.41) is 4.94. The van der Waals surface area contributed by atoms with Crippen LogP contribution in [0.1, 0.15) is 51.4 Å². The number of fused-ring (bicyclic) bond motifs is 1. The number of anilines is 1. The number of nitrogens with zero attached hydrogens (tertiary/aromatic N) is 3. The highest BCUT2D eigenvalue weighted by atomic mass is 79.9. The van der Waals surface area contributed by atoms with Crippen LogP contribution >= 0.6 is 50.2 Å². The van der Waals surface area contributed by atoms with E-state index in [1.165, 1.54) is 33.6 Å². The second kappa shape index (κ2) is 13.0. The van der Waals surface area contributed by atoms with E-state index in [0.717, 1.165) is 0 Å². The lowest BCUT2D eigenvalue weighted by atomic mass is 10.2. The highest BCUT2D eigenvalue weighted by Crippen LogP contribution is 2.42. The number of thiophene rings is 1. The van der Waals surface area contributed by atoms with Crippen LogP contribution in [0.4, 0.5) is 28.4 Å². The van der Waals surface area contributed by atoms with E-state index < -0.39 is 42.4 Å². The maximum Gasteiger partial charge on any atom is 0.522 e. The van der Waals surface area contributed by atoms with E-state index in [0.29, 0.717) is 30.3 Å². The van der Waals surface area contributed by atoms with E-state index in [9.17, 15) is 22.8 Å². The van der Waals surface area contributed by atoms with Gasteiger partial charge in [-0.2, -0.15) is 0 Å². The molecule has 226 valence electrons. The average molecular weight is 702 g/mol. The molecule has 1 N–H and O–H groups in total. The van der Waals surface area contributed by atoms with Crippen LogP contribution in [0.2, 0.25) is 5.15 Å². The van der Waals surface area contributed by atoms with Crippen LogP contribution in [0.3, 0.4) is 0 Å². The molecule has 0 aromatic carbocycles. The molecule has 2 amide bonds. The molecule has 0 aliphatic rings. The molecule has 0 aliphatic heterocycles. The van der Waals surface area contributed by atoms with Gasteiger partial charge in [-0.05, 0) is 57.5 Å². The number of alkyl halides is 3. The van der Waals surface area contributed by atoms with Gasteiger partial charge in [-0.1, -0.05) is 11.6 Å². The number of carbonyl (C=O) groups excluding carboxylic acids is 2. The van der Waals surface area contributed by atoms with E-state index in [4.69, 9.17) is 21.1 Å². The predicted octanol–water partition coefficient (Wildman–Crippen LogP) is 8.08. The fourth-order valence-corrected chi connectivity index (χ4v) is 6.30. The second-order valence-corrected chi connectivity index (χ2v) is 14.0. The summed E-state index contributed by atoms with van der Waals surface area (Å²) in [5.74, 6) is 0. The Morgan fingerprint density at radius 2 is 1.80 bits per heavy atom. The van der Waals surface area contributed by atoms with Gasteiger partial charge >= 0.3 is 18.5 Å². The number of rotatable bonds is 8. The number of ether oxygens (including phenoxy) is 3. The molecular formula is C25H29BrClF3N4O5S2. The van der Waals surface area contributed by atoms with Crippen LogP contribution in [0.15, 0.2) is 22.1 Å². The van der Waals surface area contributed by atoms with Gasteiger partial charge in [-0.25, -0.2) is 19.6 Å². The number of carbonyl (C=O) groups is 2. The fourth-order valence-electron chi connectivity index (χ4n) is 3.45. The molecule has 3 aromatic rings. The number of alkyl carbamates (subject to hydrolysis) is 1. The van der Waals surface area contributed by atoms with Crippen molar-refractivity contribution in [2.24, 2.45) is 0 Å². The molecule has 0 unspecified atom stereocenters. The Morgan fingerprint density at radius 3 is 2.37 bits per heavy atom. The van der Waals surface area contributed by atoms with E-state index in [1.54, 1.807) is 53.1 Å². The van der Waals surface area contributed by atoms with Crippen molar-refractivity contribution in [1.82, 2.24) is 15.3 Å². The van der Waals surface area contributed by atoms with Crippen molar-refractivity contribution in [3.63, 3.8) is 0 Å². The quantitative estimate of drug-likeness (QED) is 0.237. The summed E-state index contributed by atoms with van der Waals surface area (Å²) in [6.45, 7) is 9.33. The minimum Gasteiger partial charge on any atom is -0.444 e. The second-order valence-electron chi connectivity index (χ2n) is 10.8. The number of halogens is 5. The Morgan fingerprint density at radius 1 is 1.15 bits per heavy atom. The minimum absolute atomic E-state index is 0.0765. The van der Waals surface area contributed by atoms with Crippen LogP contribution in [-0.2, 0) is 27.2 Å². The lowest BCUT2D eigenvalue weighted by molar-refractivity contribution is -0.326. The molecule has 0 aliphatic carbocycles. The number of amides is 2. The summed E-state index contributed by atoms with van der Waals surface area (Å²) in [6.07, 6.45) is -4.91. The van der Waals surface area contributed by atoms with Crippen molar-refractivity contribution in [2.45, 2.75) is 78.1 Å². The van der Waals surface area contributed by atoms with Gasteiger partial charge in [0.25, 0.3) is 0 Å². The third-order valence-electron chi connectivity index (χ3n) is 4.88. The van der Waals surface area contributed by atoms with Crippen molar-refractivity contribution in [1.29, 1.82) is 0 Å². The molecular weight excluding hydrogens is 673 g/mol. The van der Waals surface area contributed by atoms with Gasteiger partial charge in [-0.3, -0.25) is 9.64 Å². The Labute approximate surface area is 256 Å². The molecule has 0 saturated heterocycles. The Bertz CT molecular complexity index is 1370. The van der Waals surface area contributed by atoms with Gasteiger partial charge in [-0.15, -0.1) is 35.8 Å². The standard InChI is InChI=1S/C25H29BrClF3N4O5S2/c1-23(2,3)38-21(35)32-13(12-37-25(28,29)30)9-15-18(26)19-20(41-15)14(10-16(27)33-19)34(11-17-31-7-8-40-17)22(36)39-24(4,5)6/h7-8,10,13H,9,11-12H2,1-6H3,(H,32,35)/t13-/m1/s1. The monoisotopic (exact) mass is 700 g/mol. The molecule has 0 radical (unpaired) electrons. The summed E-state index contributed by atoms with van der Waals surface area (Å²) in [4.78, 5) is 36.3. The van der Waals surface area contributed by atoms with Crippen LogP contribution in [0.5, 0.6) is 0 Å². The average Bonchev–Trinajstić information content (AvgIpc) is 3.41. The molecule has 16 heteroatoms. The summed E-state index contributed by atoms with van der Waals surface area (Å²) >= 11 is 12.4. The van der Waals surface area contributed by atoms with Gasteiger partial charge in [0.05, 0.1) is 39.6 Å². The molecule has 3 heterocycles. The van der Waals surface area contributed by atoms with Crippen molar-refractivity contribution in [3.05, 3.63) is 37.2 Å². The number of nitrogens with one attached hydrogen (secondary N) is 1. The van der Waals surface area contributed by atoms with E-state index >= 15 is 0 Å². The van der Waals surface area contributed by atoms with Crippen molar-refractivity contribution in [3.8, 4) is 0 Å². The Balaban J connectivity index is 2.03. The SMILES string of the molecule is CC(C)(C)OC(=O)N[C@@H](COC(F)(F)F)Cc1sc2c(N(Cc3nccs3)C(=O)OC(C)(C)C)cc(Cl)nc2c1Br. The molecule has 9 nitrogen and oxygen atoms in total. The van der Waals surface area contributed by atoms with Crippen LogP contribution in [0, 0.1) is 0 Å². The number of hydrogen-bond donors (Lipinski definition) is 1. The molecule has 41 heavy (non-hydrogen) atoms. The highest BCUT2D eigenvalue weighted by Gasteiger charge is 2.33. The largest absolute Gasteiger partial charge is 0.522 e. The van der Waals surface area contributed by atoms with Crippen molar-refractivity contribution >= 4 is 78.3 Å². The topological polar surface area (TPSA) is 103 Å². The highest BCUT2D eigenvalue weighted by molar-refractivity contribution is 9.10. The number of hydrogen-bond acceptors (Lipinski definition) is 9. The Kier molecular flexibility index (Phi) is 10.5. The normalized spacial score (nSPS) is 13.2. The molecule has 0 spiro atoms. The van der Waals surface area contributed by atoms with Gasteiger partial charge < -0.3 is 14.8 Å². The lowest BCUT2D eigenvalue weighted by Crippen LogP contribution is -2.43. The molecule has 3 rings (SSSR count). The van der Waals surface area contributed by atoms with Gasteiger partial charge in [0.15, 0.2) is 0 Å². The molecule has 3 aromatic heterocycles.